The van der Waals surface area contributed by atoms with Gasteiger partial charge in [0.25, 0.3) is 5.91 Å². The summed E-state index contributed by atoms with van der Waals surface area (Å²) in [4.78, 5) is 27.9. The minimum absolute atomic E-state index is 0.125. The summed E-state index contributed by atoms with van der Waals surface area (Å²) < 4.78 is 6.64. The van der Waals surface area contributed by atoms with Crippen molar-refractivity contribution in [3.05, 3.63) is 64.5 Å². The van der Waals surface area contributed by atoms with E-state index in [0.717, 1.165) is 0 Å². The predicted octanol–water partition coefficient (Wildman–Crippen LogP) is 3.44. The van der Waals surface area contributed by atoms with Crippen LogP contribution in [-0.4, -0.2) is 27.9 Å². The molecule has 8 heteroatoms. The molecule has 6 nitrogen and oxygen atoms in total. The van der Waals surface area contributed by atoms with Gasteiger partial charge in [0.15, 0.2) is 12.3 Å². The summed E-state index contributed by atoms with van der Waals surface area (Å²) >= 11 is 11.7. The van der Waals surface area contributed by atoms with E-state index in [4.69, 9.17) is 27.9 Å². The molecule has 0 aliphatic carbocycles. The topological polar surface area (TPSA) is 72.7 Å². The molecule has 3 aromatic rings. The number of benzene rings is 1. The Hall–Kier alpha value is -2.57. The van der Waals surface area contributed by atoms with Crippen molar-refractivity contribution in [3.63, 3.8) is 0 Å². The van der Waals surface area contributed by atoms with E-state index >= 15 is 0 Å². The number of imidazole rings is 1. The number of hydrogen-bond donors (Lipinski definition) is 1. The van der Waals surface area contributed by atoms with Gasteiger partial charge in [0, 0.05) is 28.1 Å². The normalized spacial score (nSPS) is 10.6. The third-order valence-corrected chi connectivity index (χ3v) is 3.49. The van der Waals surface area contributed by atoms with Crippen molar-refractivity contribution in [3.8, 4) is 0 Å². The number of amides is 1. The molecule has 2 aromatic heterocycles. The molecule has 1 amide bonds. The van der Waals surface area contributed by atoms with Gasteiger partial charge in [-0.05, 0) is 30.3 Å². The molecule has 0 radical (unpaired) electrons. The molecule has 1 N–H and O–H groups in total. The average molecular weight is 364 g/mol. The van der Waals surface area contributed by atoms with E-state index in [9.17, 15) is 9.59 Å². The Kier molecular flexibility index (Phi) is 4.69. The second-order valence-electron chi connectivity index (χ2n) is 4.87. The van der Waals surface area contributed by atoms with Crippen LogP contribution in [0.4, 0.5) is 5.69 Å². The largest absolute Gasteiger partial charge is 0.451 e. The van der Waals surface area contributed by atoms with Crippen LogP contribution < -0.4 is 5.32 Å². The van der Waals surface area contributed by atoms with Crippen molar-refractivity contribution in [2.45, 2.75) is 0 Å². The van der Waals surface area contributed by atoms with E-state index in [1.165, 1.54) is 18.3 Å². The van der Waals surface area contributed by atoms with Gasteiger partial charge in [0.1, 0.15) is 5.65 Å². The van der Waals surface area contributed by atoms with Gasteiger partial charge in [0.05, 0.1) is 0 Å². The van der Waals surface area contributed by atoms with Gasteiger partial charge in [0.2, 0.25) is 0 Å². The summed E-state index contributed by atoms with van der Waals surface area (Å²) in [5, 5.41) is 3.32. The SMILES string of the molecule is O=C(COC(=O)c1cn2ccccc2n1)Nc1cc(Cl)cc(Cl)c1. The highest BCUT2D eigenvalue weighted by Gasteiger charge is 2.14. The zero-order valence-electron chi connectivity index (χ0n) is 12.2. The molecule has 24 heavy (non-hydrogen) atoms. The highest BCUT2D eigenvalue weighted by Crippen LogP contribution is 2.22. The lowest BCUT2D eigenvalue weighted by Gasteiger charge is -2.06. The van der Waals surface area contributed by atoms with Gasteiger partial charge < -0.3 is 14.5 Å². The van der Waals surface area contributed by atoms with Crippen molar-refractivity contribution >= 4 is 46.4 Å². The number of nitrogens with zero attached hydrogens (tertiary/aromatic N) is 2. The fourth-order valence-electron chi connectivity index (χ4n) is 2.06. The Balaban J connectivity index is 1.60. The third-order valence-electron chi connectivity index (χ3n) is 3.05. The Bertz CT molecular complexity index is 871. The van der Waals surface area contributed by atoms with Gasteiger partial charge in [-0.25, -0.2) is 9.78 Å². The smallest absolute Gasteiger partial charge is 0.359 e. The van der Waals surface area contributed by atoms with E-state index in [1.54, 1.807) is 28.8 Å². The maximum Gasteiger partial charge on any atom is 0.359 e. The number of ether oxygens (including phenoxy) is 1. The van der Waals surface area contributed by atoms with Crippen LogP contribution in [-0.2, 0) is 9.53 Å². The van der Waals surface area contributed by atoms with E-state index in [-0.39, 0.29) is 5.69 Å². The number of esters is 1. The van der Waals surface area contributed by atoms with Crippen LogP contribution in [0.25, 0.3) is 5.65 Å². The summed E-state index contributed by atoms with van der Waals surface area (Å²) in [6.07, 6.45) is 3.29. The van der Waals surface area contributed by atoms with Crippen LogP contribution >= 0.6 is 23.2 Å². The maximum atomic E-state index is 12.0. The minimum atomic E-state index is -0.682. The van der Waals surface area contributed by atoms with Crippen LogP contribution in [0, 0.1) is 0 Å². The molecule has 0 bridgehead atoms. The van der Waals surface area contributed by atoms with Crippen LogP contribution in [0.3, 0.4) is 0 Å². The number of hydrogen-bond acceptors (Lipinski definition) is 4. The van der Waals surface area contributed by atoms with Crippen LogP contribution in [0.2, 0.25) is 10.0 Å². The monoisotopic (exact) mass is 363 g/mol. The number of fused-ring (bicyclic) bond motifs is 1. The summed E-state index contributed by atoms with van der Waals surface area (Å²) in [5.41, 5.74) is 1.16. The number of nitrogens with one attached hydrogen (secondary N) is 1. The molecule has 2 heterocycles. The minimum Gasteiger partial charge on any atom is -0.451 e. The first-order valence-electron chi connectivity index (χ1n) is 6.88. The van der Waals surface area contributed by atoms with Crippen molar-refractivity contribution in [1.82, 2.24) is 9.38 Å². The van der Waals surface area contributed by atoms with Crippen LogP contribution in [0.15, 0.2) is 48.8 Å². The second-order valence-corrected chi connectivity index (χ2v) is 5.75. The fraction of sp³-hybridized carbons (Fsp3) is 0.0625. The van der Waals surface area contributed by atoms with Gasteiger partial charge >= 0.3 is 5.97 Å². The molecule has 3 rings (SSSR count). The zero-order valence-corrected chi connectivity index (χ0v) is 13.7. The molecule has 0 fully saturated rings. The van der Waals surface area contributed by atoms with Crippen LogP contribution in [0.5, 0.6) is 0 Å². The number of carbonyl (C=O) groups is 2. The van der Waals surface area contributed by atoms with Crippen molar-refractivity contribution in [2.75, 3.05) is 11.9 Å². The standard InChI is InChI=1S/C16H11Cl2N3O3/c17-10-5-11(18)7-12(6-10)19-15(22)9-24-16(23)13-8-21-4-2-1-3-14(21)20-13/h1-8H,9H2,(H,19,22). The predicted molar refractivity (Wildman–Crippen MR) is 90.6 cm³/mol. The van der Waals surface area contributed by atoms with Gasteiger partial charge in [-0.3, -0.25) is 4.79 Å². The number of aromatic nitrogens is 2. The van der Waals surface area contributed by atoms with E-state index in [0.29, 0.717) is 21.4 Å². The van der Waals surface area contributed by atoms with Gasteiger partial charge in [-0.2, -0.15) is 0 Å². The lowest BCUT2D eigenvalue weighted by molar-refractivity contribution is -0.119. The van der Waals surface area contributed by atoms with Crippen molar-refractivity contribution in [2.24, 2.45) is 0 Å². The molecular weight excluding hydrogens is 353 g/mol. The second kappa shape index (κ2) is 6.90. The first-order chi connectivity index (χ1) is 11.5. The molecule has 0 atom stereocenters. The molecule has 0 unspecified atom stereocenters. The number of pyridine rings is 1. The Labute approximate surface area is 147 Å². The van der Waals surface area contributed by atoms with Crippen LogP contribution in [0.1, 0.15) is 10.5 Å². The zero-order chi connectivity index (χ0) is 17.1. The van der Waals surface area contributed by atoms with Crippen molar-refractivity contribution in [1.29, 1.82) is 0 Å². The number of carbonyl (C=O) groups excluding carboxylic acids is 2. The molecule has 0 spiro atoms. The molecular formula is C16H11Cl2N3O3. The first-order valence-corrected chi connectivity index (χ1v) is 7.64. The lowest BCUT2D eigenvalue weighted by atomic mass is 10.3. The fourth-order valence-corrected chi connectivity index (χ4v) is 2.59. The van der Waals surface area contributed by atoms with E-state index in [1.807, 2.05) is 6.07 Å². The molecule has 1 aromatic carbocycles. The molecule has 0 aliphatic heterocycles. The van der Waals surface area contributed by atoms with E-state index < -0.39 is 18.5 Å². The highest BCUT2D eigenvalue weighted by atomic mass is 35.5. The van der Waals surface area contributed by atoms with Gasteiger partial charge in [-0.15, -0.1) is 0 Å². The quantitative estimate of drug-likeness (QED) is 0.720. The average Bonchev–Trinajstić information content (AvgIpc) is 2.95. The summed E-state index contributed by atoms with van der Waals surface area (Å²) in [6, 6.07) is 9.99. The molecule has 0 saturated heterocycles. The number of rotatable bonds is 4. The van der Waals surface area contributed by atoms with Crippen molar-refractivity contribution < 1.29 is 14.3 Å². The Morgan fingerprint density at radius 3 is 2.62 bits per heavy atom. The highest BCUT2D eigenvalue weighted by molar-refractivity contribution is 6.35. The summed E-state index contributed by atoms with van der Waals surface area (Å²) in [6.45, 7) is -0.448. The maximum absolute atomic E-state index is 12.0. The molecule has 0 saturated carbocycles. The summed E-state index contributed by atoms with van der Waals surface area (Å²) in [7, 11) is 0. The Morgan fingerprint density at radius 2 is 1.92 bits per heavy atom. The third kappa shape index (κ3) is 3.84. The molecule has 0 aliphatic rings. The Morgan fingerprint density at radius 1 is 1.17 bits per heavy atom. The number of halogens is 2. The first kappa shape index (κ1) is 16.3. The number of anilines is 1. The summed E-state index contributed by atoms with van der Waals surface area (Å²) in [5.74, 6) is -1.19. The lowest BCUT2D eigenvalue weighted by Crippen LogP contribution is -2.21. The van der Waals surface area contributed by atoms with Gasteiger partial charge in [-0.1, -0.05) is 29.3 Å². The van der Waals surface area contributed by atoms with E-state index in [2.05, 4.69) is 10.3 Å². The molecule has 122 valence electrons.